The molecule has 1 fully saturated rings. The minimum Gasteiger partial charge on any atom is -0.457 e. The van der Waals surface area contributed by atoms with E-state index in [4.69, 9.17) is 14.3 Å². The molecule has 3 aromatic carbocycles. The second kappa shape index (κ2) is 10.6. The molecule has 3 aromatic rings. The van der Waals surface area contributed by atoms with E-state index in [0.717, 1.165) is 12.8 Å². The van der Waals surface area contributed by atoms with Crippen molar-refractivity contribution in [3.63, 3.8) is 0 Å². The van der Waals surface area contributed by atoms with E-state index in [1.54, 1.807) is 30.3 Å². The SMILES string of the molecule is O=C(Cc1ccccc1S(=O)(=O)c1ccc(Oc2ccccc2)cc1)NOC1CCCCO1. The maximum absolute atomic E-state index is 13.3. The standard InChI is InChI=1S/C25H25NO6S/c27-24(26-32-25-12-6-7-17-30-25)18-19-8-4-5-11-23(19)33(28,29)22-15-13-21(14-16-22)31-20-9-2-1-3-10-20/h1-5,8-11,13-16,25H,6-7,12,17-18H2,(H,26,27). The van der Waals surface area contributed by atoms with Gasteiger partial charge in [0.05, 0.1) is 16.2 Å². The Morgan fingerprint density at radius 2 is 1.61 bits per heavy atom. The number of carbonyl (C=O) groups excluding carboxylic acids is 1. The minimum absolute atomic E-state index is 0.0748. The Labute approximate surface area is 193 Å². The number of carbonyl (C=O) groups is 1. The zero-order valence-electron chi connectivity index (χ0n) is 18.0. The Bertz CT molecular complexity index is 1170. The molecule has 4 rings (SSSR count). The van der Waals surface area contributed by atoms with E-state index in [1.165, 1.54) is 18.2 Å². The summed E-state index contributed by atoms with van der Waals surface area (Å²) in [5.41, 5.74) is 2.76. The molecule has 1 aliphatic rings. The summed E-state index contributed by atoms with van der Waals surface area (Å²) < 4.78 is 37.7. The summed E-state index contributed by atoms with van der Waals surface area (Å²) in [5, 5.41) is 0. The topological polar surface area (TPSA) is 90.9 Å². The van der Waals surface area contributed by atoms with Crippen LogP contribution in [-0.4, -0.2) is 27.2 Å². The van der Waals surface area contributed by atoms with Crippen LogP contribution in [0.3, 0.4) is 0 Å². The van der Waals surface area contributed by atoms with Crippen LogP contribution in [-0.2, 0) is 30.6 Å². The second-order valence-corrected chi connectivity index (χ2v) is 9.53. The highest BCUT2D eigenvalue weighted by Crippen LogP contribution is 2.28. The van der Waals surface area contributed by atoms with E-state index in [2.05, 4.69) is 5.48 Å². The van der Waals surface area contributed by atoms with E-state index in [9.17, 15) is 13.2 Å². The highest BCUT2D eigenvalue weighted by Gasteiger charge is 2.23. The van der Waals surface area contributed by atoms with E-state index >= 15 is 0 Å². The van der Waals surface area contributed by atoms with Crippen LogP contribution in [0, 0.1) is 0 Å². The van der Waals surface area contributed by atoms with Crippen molar-refractivity contribution in [1.82, 2.24) is 5.48 Å². The number of amides is 1. The molecule has 8 heteroatoms. The molecule has 1 atom stereocenters. The van der Waals surface area contributed by atoms with Crippen LogP contribution in [0.25, 0.3) is 0 Å². The fraction of sp³-hybridized carbons (Fsp3) is 0.240. The van der Waals surface area contributed by atoms with Gasteiger partial charge in [-0.3, -0.25) is 4.79 Å². The molecular formula is C25H25NO6S. The number of benzene rings is 3. The van der Waals surface area contributed by atoms with E-state index in [-0.39, 0.29) is 16.2 Å². The van der Waals surface area contributed by atoms with E-state index in [0.29, 0.717) is 30.1 Å². The van der Waals surface area contributed by atoms with Crippen molar-refractivity contribution in [3.8, 4) is 11.5 Å². The molecule has 1 unspecified atom stereocenters. The number of sulfone groups is 1. The molecule has 0 saturated carbocycles. The second-order valence-electron chi connectivity index (χ2n) is 7.61. The van der Waals surface area contributed by atoms with Gasteiger partial charge < -0.3 is 9.47 Å². The van der Waals surface area contributed by atoms with Gasteiger partial charge in [0.2, 0.25) is 15.7 Å². The summed E-state index contributed by atoms with van der Waals surface area (Å²) >= 11 is 0. The van der Waals surface area contributed by atoms with Crippen molar-refractivity contribution in [2.75, 3.05) is 6.61 Å². The zero-order chi connectivity index (χ0) is 23.1. The third-order valence-corrected chi connectivity index (χ3v) is 7.04. The van der Waals surface area contributed by atoms with Crippen molar-refractivity contribution in [1.29, 1.82) is 0 Å². The first-order valence-electron chi connectivity index (χ1n) is 10.7. The summed E-state index contributed by atoms with van der Waals surface area (Å²) in [6.07, 6.45) is 2.03. The number of nitrogens with one attached hydrogen (secondary N) is 1. The van der Waals surface area contributed by atoms with Gasteiger partial charge in [0.15, 0.2) is 6.29 Å². The van der Waals surface area contributed by atoms with Crippen LogP contribution in [0.1, 0.15) is 24.8 Å². The molecule has 7 nitrogen and oxygen atoms in total. The predicted octanol–water partition coefficient (Wildman–Crippen LogP) is 4.43. The molecule has 0 spiro atoms. The Morgan fingerprint density at radius 1 is 0.909 bits per heavy atom. The lowest BCUT2D eigenvalue weighted by Crippen LogP contribution is -2.34. The van der Waals surface area contributed by atoms with E-state index < -0.39 is 22.0 Å². The zero-order valence-corrected chi connectivity index (χ0v) is 18.8. The average Bonchev–Trinajstić information content (AvgIpc) is 2.85. The molecule has 1 N–H and O–H groups in total. The average molecular weight is 468 g/mol. The molecule has 1 aliphatic heterocycles. The molecule has 1 amide bonds. The highest BCUT2D eigenvalue weighted by molar-refractivity contribution is 7.91. The van der Waals surface area contributed by atoms with Crippen LogP contribution < -0.4 is 10.2 Å². The summed E-state index contributed by atoms with van der Waals surface area (Å²) in [7, 11) is -3.84. The third kappa shape index (κ3) is 5.98. The van der Waals surface area contributed by atoms with E-state index in [1.807, 2.05) is 30.3 Å². The summed E-state index contributed by atoms with van der Waals surface area (Å²) in [5.74, 6) is 0.735. The van der Waals surface area contributed by atoms with Gasteiger partial charge in [-0.1, -0.05) is 36.4 Å². The largest absolute Gasteiger partial charge is 0.457 e. The number of hydrogen-bond acceptors (Lipinski definition) is 6. The molecule has 33 heavy (non-hydrogen) atoms. The number of hydroxylamine groups is 1. The maximum Gasteiger partial charge on any atom is 0.248 e. The van der Waals surface area contributed by atoms with Crippen LogP contribution in [0.2, 0.25) is 0 Å². The monoisotopic (exact) mass is 467 g/mol. The summed E-state index contributed by atoms with van der Waals surface area (Å²) in [4.78, 5) is 17.9. The van der Waals surface area contributed by atoms with Crippen LogP contribution in [0.15, 0.2) is 88.7 Å². The van der Waals surface area contributed by atoms with Gasteiger partial charge in [0.1, 0.15) is 11.5 Å². The van der Waals surface area contributed by atoms with Crippen molar-refractivity contribution in [2.24, 2.45) is 0 Å². The van der Waals surface area contributed by atoms with Gasteiger partial charge in [0.25, 0.3) is 0 Å². The fourth-order valence-corrected chi connectivity index (χ4v) is 4.99. The molecule has 1 saturated heterocycles. The van der Waals surface area contributed by atoms with Gasteiger partial charge in [-0.05, 0) is 60.9 Å². The molecule has 0 bridgehead atoms. The van der Waals surface area contributed by atoms with Crippen molar-refractivity contribution < 1.29 is 27.5 Å². The quantitative estimate of drug-likeness (QED) is 0.493. The molecule has 0 aromatic heterocycles. The number of rotatable bonds is 8. The Kier molecular flexibility index (Phi) is 7.39. The van der Waals surface area contributed by atoms with Gasteiger partial charge in [0, 0.05) is 13.0 Å². The molecular weight excluding hydrogens is 442 g/mol. The van der Waals surface area contributed by atoms with Crippen LogP contribution >= 0.6 is 0 Å². The molecule has 0 aliphatic carbocycles. The molecule has 0 radical (unpaired) electrons. The highest BCUT2D eigenvalue weighted by atomic mass is 32.2. The van der Waals surface area contributed by atoms with Crippen molar-refractivity contribution in [3.05, 3.63) is 84.4 Å². The fourth-order valence-electron chi connectivity index (χ4n) is 3.50. The Balaban J connectivity index is 1.46. The first-order chi connectivity index (χ1) is 16.0. The van der Waals surface area contributed by atoms with Gasteiger partial charge in [-0.25, -0.2) is 18.7 Å². The lowest BCUT2D eigenvalue weighted by atomic mass is 10.1. The number of para-hydroxylation sites is 1. The normalized spacial score (nSPS) is 16.2. The number of ether oxygens (including phenoxy) is 2. The Hall–Kier alpha value is -3.20. The first-order valence-corrected chi connectivity index (χ1v) is 12.2. The minimum atomic E-state index is -3.84. The first kappa shape index (κ1) is 23.0. The third-order valence-electron chi connectivity index (χ3n) is 5.17. The lowest BCUT2D eigenvalue weighted by molar-refractivity contribution is -0.200. The van der Waals surface area contributed by atoms with Crippen molar-refractivity contribution >= 4 is 15.7 Å². The van der Waals surface area contributed by atoms with Crippen LogP contribution in [0.5, 0.6) is 11.5 Å². The smallest absolute Gasteiger partial charge is 0.248 e. The Morgan fingerprint density at radius 3 is 2.33 bits per heavy atom. The number of hydrogen-bond donors (Lipinski definition) is 1. The van der Waals surface area contributed by atoms with Crippen molar-refractivity contribution in [2.45, 2.75) is 41.8 Å². The van der Waals surface area contributed by atoms with Gasteiger partial charge in [-0.2, -0.15) is 0 Å². The lowest BCUT2D eigenvalue weighted by Gasteiger charge is -2.22. The molecule has 172 valence electrons. The molecule has 1 heterocycles. The van der Waals surface area contributed by atoms with Gasteiger partial charge >= 0.3 is 0 Å². The van der Waals surface area contributed by atoms with Gasteiger partial charge in [-0.15, -0.1) is 0 Å². The summed E-state index contributed by atoms with van der Waals surface area (Å²) in [6, 6.07) is 21.9. The predicted molar refractivity (Wildman–Crippen MR) is 121 cm³/mol. The maximum atomic E-state index is 13.3. The van der Waals surface area contributed by atoms with Crippen LogP contribution in [0.4, 0.5) is 0 Å². The summed E-state index contributed by atoms with van der Waals surface area (Å²) in [6.45, 7) is 0.594.